The fourth-order valence-corrected chi connectivity index (χ4v) is 3.22. The van der Waals surface area contributed by atoms with Crippen LogP contribution >= 0.6 is 0 Å². The van der Waals surface area contributed by atoms with Gasteiger partial charge in [0.25, 0.3) is 0 Å². The normalized spacial score (nSPS) is 17.8. The van der Waals surface area contributed by atoms with E-state index in [4.69, 9.17) is 14.8 Å². The first-order valence-corrected chi connectivity index (χ1v) is 8.74. The minimum absolute atomic E-state index is 0.324. The summed E-state index contributed by atoms with van der Waals surface area (Å²) in [7, 11) is 0. The number of fused-ring (bicyclic) bond motifs is 1. The van der Waals surface area contributed by atoms with Gasteiger partial charge in [-0.05, 0) is 38.0 Å². The van der Waals surface area contributed by atoms with Crippen molar-refractivity contribution in [3.63, 3.8) is 0 Å². The molecule has 1 atom stereocenters. The molecule has 1 N–H and O–H groups in total. The van der Waals surface area contributed by atoms with Crippen molar-refractivity contribution in [3.8, 4) is 11.4 Å². The number of benzene rings is 1. The lowest BCUT2D eigenvalue weighted by Gasteiger charge is -2.05. The number of imidazole rings is 1. The Labute approximate surface area is 141 Å². The molecule has 6 nitrogen and oxygen atoms in total. The molecule has 3 aromatic rings. The van der Waals surface area contributed by atoms with Crippen molar-refractivity contribution in [2.24, 2.45) is 0 Å². The van der Waals surface area contributed by atoms with Gasteiger partial charge in [-0.2, -0.15) is 5.10 Å². The zero-order chi connectivity index (χ0) is 16.5. The highest BCUT2D eigenvalue weighted by molar-refractivity contribution is 5.80. The molecule has 1 fully saturated rings. The molecule has 1 aromatic carbocycles. The van der Waals surface area contributed by atoms with E-state index in [-0.39, 0.29) is 0 Å². The second kappa shape index (κ2) is 6.36. The molecule has 0 bridgehead atoms. The average molecular weight is 325 g/mol. The number of aromatic nitrogens is 5. The van der Waals surface area contributed by atoms with E-state index in [0.717, 1.165) is 73.1 Å². The van der Waals surface area contributed by atoms with E-state index >= 15 is 0 Å². The standard InChI is InChI=1S/C18H23N5O/c1-3-4-8-23-18(21-17(22-23)14-7-9-24-11-14)13-5-6-15-16(10-13)20-12(2)19-15/h5-6,10,14H,3-4,7-9,11H2,1-2H3,(H,19,20)/t14-/m0/s1. The molecule has 0 spiro atoms. The highest BCUT2D eigenvalue weighted by Crippen LogP contribution is 2.27. The number of H-pyrrole nitrogens is 1. The van der Waals surface area contributed by atoms with Crippen LogP contribution in [-0.4, -0.2) is 37.9 Å². The lowest BCUT2D eigenvalue weighted by molar-refractivity contribution is 0.193. The molecule has 3 heterocycles. The fraction of sp³-hybridized carbons (Fsp3) is 0.500. The van der Waals surface area contributed by atoms with E-state index in [9.17, 15) is 0 Å². The monoisotopic (exact) mass is 325 g/mol. The molecule has 24 heavy (non-hydrogen) atoms. The van der Waals surface area contributed by atoms with E-state index < -0.39 is 0 Å². The third-order valence-electron chi connectivity index (χ3n) is 4.56. The summed E-state index contributed by atoms with van der Waals surface area (Å²) in [5.74, 6) is 3.11. The zero-order valence-corrected chi connectivity index (χ0v) is 14.2. The molecule has 2 aromatic heterocycles. The van der Waals surface area contributed by atoms with E-state index in [0.29, 0.717) is 5.92 Å². The molecule has 4 rings (SSSR count). The molecule has 0 saturated carbocycles. The van der Waals surface area contributed by atoms with Gasteiger partial charge in [-0.3, -0.25) is 0 Å². The maximum Gasteiger partial charge on any atom is 0.158 e. The van der Waals surface area contributed by atoms with Crippen LogP contribution < -0.4 is 0 Å². The minimum Gasteiger partial charge on any atom is -0.381 e. The second-order valence-electron chi connectivity index (χ2n) is 6.48. The quantitative estimate of drug-likeness (QED) is 0.780. The highest BCUT2D eigenvalue weighted by Gasteiger charge is 2.24. The first-order chi connectivity index (χ1) is 11.7. The van der Waals surface area contributed by atoms with Gasteiger partial charge in [0.2, 0.25) is 0 Å². The van der Waals surface area contributed by atoms with Crippen molar-refractivity contribution < 1.29 is 4.74 Å². The molecule has 126 valence electrons. The molecule has 1 aliphatic heterocycles. The summed E-state index contributed by atoms with van der Waals surface area (Å²) in [5, 5.41) is 4.79. The van der Waals surface area contributed by atoms with Crippen molar-refractivity contribution in [1.82, 2.24) is 24.7 Å². The van der Waals surface area contributed by atoms with Gasteiger partial charge in [0, 0.05) is 24.6 Å². The van der Waals surface area contributed by atoms with Crippen LogP contribution in [0.2, 0.25) is 0 Å². The van der Waals surface area contributed by atoms with Crippen LogP contribution in [0.15, 0.2) is 18.2 Å². The van der Waals surface area contributed by atoms with Crippen molar-refractivity contribution in [2.75, 3.05) is 13.2 Å². The van der Waals surface area contributed by atoms with E-state index in [1.165, 1.54) is 0 Å². The van der Waals surface area contributed by atoms with Crippen molar-refractivity contribution in [2.45, 2.75) is 45.6 Å². The Balaban J connectivity index is 1.75. The average Bonchev–Trinajstić information content (AvgIpc) is 3.30. The second-order valence-corrected chi connectivity index (χ2v) is 6.48. The van der Waals surface area contributed by atoms with Gasteiger partial charge in [0.05, 0.1) is 17.6 Å². The van der Waals surface area contributed by atoms with Crippen molar-refractivity contribution in [3.05, 3.63) is 29.8 Å². The van der Waals surface area contributed by atoms with Gasteiger partial charge in [-0.25, -0.2) is 14.6 Å². The summed E-state index contributed by atoms with van der Waals surface area (Å²) < 4.78 is 7.56. The smallest absolute Gasteiger partial charge is 0.158 e. The highest BCUT2D eigenvalue weighted by atomic mass is 16.5. The number of aromatic amines is 1. The molecular weight excluding hydrogens is 302 g/mol. The molecular formula is C18H23N5O. The zero-order valence-electron chi connectivity index (χ0n) is 14.2. The topological polar surface area (TPSA) is 68.6 Å². The van der Waals surface area contributed by atoms with Gasteiger partial charge >= 0.3 is 0 Å². The summed E-state index contributed by atoms with van der Waals surface area (Å²) in [5.41, 5.74) is 3.11. The fourth-order valence-electron chi connectivity index (χ4n) is 3.22. The Morgan fingerprint density at radius 1 is 1.33 bits per heavy atom. The third-order valence-corrected chi connectivity index (χ3v) is 4.56. The first kappa shape index (κ1) is 15.3. The van der Waals surface area contributed by atoms with Crippen molar-refractivity contribution in [1.29, 1.82) is 0 Å². The SMILES string of the molecule is CCCCn1nc([C@H]2CCOC2)nc1-c1ccc2nc(C)[nH]c2c1. The minimum atomic E-state index is 0.324. The third kappa shape index (κ3) is 2.82. The van der Waals surface area contributed by atoms with Crippen LogP contribution in [0.25, 0.3) is 22.4 Å². The molecule has 1 saturated heterocycles. The van der Waals surface area contributed by atoms with Gasteiger partial charge in [0.1, 0.15) is 5.82 Å². The Bertz CT molecular complexity index is 844. The van der Waals surface area contributed by atoms with Crippen LogP contribution in [0.1, 0.15) is 43.8 Å². The maximum absolute atomic E-state index is 5.51. The predicted molar refractivity (Wildman–Crippen MR) is 92.9 cm³/mol. The summed E-state index contributed by atoms with van der Waals surface area (Å²) in [6.07, 6.45) is 3.25. The summed E-state index contributed by atoms with van der Waals surface area (Å²) in [6.45, 7) is 6.61. The number of nitrogens with one attached hydrogen (secondary N) is 1. The number of ether oxygens (including phenoxy) is 1. The number of rotatable bonds is 5. The number of hydrogen-bond acceptors (Lipinski definition) is 4. The van der Waals surface area contributed by atoms with Gasteiger partial charge < -0.3 is 9.72 Å². The lowest BCUT2D eigenvalue weighted by Crippen LogP contribution is -2.04. The lowest BCUT2D eigenvalue weighted by atomic mass is 10.1. The Hall–Kier alpha value is -2.21. The molecule has 0 unspecified atom stereocenters. The number of aryl methyl sites for hydroxylation is 2. The van der Waals surface area contributed by atoms with E-state index in [1.54, 1.807) is 0 Å². The number of nitrogens with zero attached hydrogens (tertiary/aromatic N) is 4. The number of unbranched alkanes of at least 4 members (excludes halogenated alkanes) is 1. The van der Waals surface area contributed by atoms with Crippen LogP contribution in [-0.2, 0) is 11.3 Å². The van der Waals surface area contributed by atoms with Crippen LogP contribution in [0.5, 0.6) is 0 Å². The van der Waals surface area contributed by atoms with Gasteiger partial charge in [-0.1, -0.05) is 13.3 Å². The molecule has 1 aliphatic rings. The Morgan fingerprint density at radius 3 is 3.04 bits per heavy atom. The molecule has 0 radical (unpaired) electrons. The Morgan fingerprint density at radius 2 is 2.25 bits per heavy atom. The van der Waals surface area contributed by atoms with E-state index in [2.05, 4.69) is 33.7 Å². The summed E-state index contributed by atoms with van der Waals surface area (Å²) in [4.78, 5) is 12.6. The summed E-state index contributed by atoms with van der Waals surface area (Å²) in [6, 6.07) is 6.26. The molecule has 0 amide bonds. The van der Waals surface area contributed by atoms with Gasteiger partial charge in [-0.15, -0.1) is 0 Å². The Kier molecular flexibility index (Phi) is 4.06. The van der Waals surface area contributed by atoms with Crippen molar-refractivity contribution >= 4 is 11.0 Å². The van der Waals surface area contributed by atoms with E-state index in [1.807, 2.05) is 13.0 Å². The number of hydrogen-bond donors (Lipinski definition) is 1. The summed E-state index contributed by atoms with van der Waals surface area (Å²) >= 11 is 0. The van der Waals surface area contributed by atoms with Crippen LogP contribution in [0.4, 0.5) is 0 Å². The molecule has 0 aliphatic carbocycles. The van der Waals surface area contributed by atoms with Crippen LogP contribution in [0, 0.1) is 6.92 Å². The van der Waals surface area contributed by atoms with Gasteiger partial charge in [0.15, 0.2) is 11.6 Å². The predicted octanol–water partition coefficient (Wildman–Crippen LogP) is 3.43. The van der Waals surface area contributed by atoms with Crippen LogP contribution in [0.3, 0.4) is 0 Å². The first-order valence-electron chi connectivity index (χ1n) is 8.74. The largest absolute Gasteiger partial charge is 0.381 e. The maximum atomic E-state index is 5.51. The molecule has 6 heteroatoms.